The van der Waals surface area contributed by atoms with E-state index in [9.17, 15) is 15.3 Å². The largest absolute Gasteiger partial charge is 0.394 e. The number of hydrogen-bond donors (Lipinski definition) is 4. The van der Waals surface area contributed by atoms with Gasteiger partial charge in [0.15, 0.2) is 17.9 Å². The van der Waals surface area contributed by atoms with Crippen LogP contribution in [0.3, 0.4) is 0 Å². The van der Waals surface area contributed by atoms with Crippen LogP contribution in [0.1, 0.15) is 11.8 Å². The van der Waals surface area contributed by atoms with Gasteiger partial charge in [0.25, 0.3) is 0 Å². The molecule has 0 saturated carbocycles. The normalized spacial score (nSPS) is 28.8. The molecule has 1 saturated heterocycles. The number of rotatable bonds is 2. The molecule has 0 bridgehead atoms. The van der Waals surface area contributed by atoms with E-state index < -0.39 is 31.1 Å². The first-order valence-electron chi connectivity index (χ1n) is 7.09. The summed E-state index contributed by atoms with van der Waals surface area (Å²) >= 11 is 0. The lowest BCUT2D eigenvalue weighted by molar-refractivity contribution is -0.0508. The molecule has 0 spiro atoms. The molecule has 130 valence electrons. The van der Waals surface area contributed by atoms with Crippen molar-refractivity contribution >= 4 is 36.2 Å². The first kappa shape index (κ1) is 16.9. The van der Waals surface area contributed by atoms with Crippen LogP contribution in [-0.2, 0) is 4.74 Å². The lowest BCUT2D eigenvalue weighted by Gasteiger charge is -2.19. The number of nitrogens with two attached hydrogens (primary N) is 1. The number of aromatic nitrogens is 3. The SMILES string of the molecule is CN1N=C(N)c2cn([C@@H]3O[C@H](CO)C(O)C3O)c3ncnc1c23.S. The van der Waals surface area contributed by atoms with E-state index in [0.29, 0.717) is 28.3 Å². The first-order valence-corrected chi connectivity index (χ1v) is 7.09. The molecule has 11 heteroatoms. The summed E-state index contributed by atoms with van der Waals surface area (Å²) in [6.45, 7) is -0.395. The molecule has 2 aliphatic heterocycles. The monoisotopic (exact) mass is 354 g/mol. The smallest absolute Gasteiger partial charge is 0.164 e. The average molecular weight is 354 g/mol. The Morgan fingerprint density at radius 2 is 2.04 bits per heavy atom. The third kappa shape index (κ3) is 2.17. The molecule has 24 heavy (non-hydrogen) atoms. The Morgan fingerprint density at radius 3 is 2.71 bits per heavy atom. The molecule has 4 atom stereocenters. The zero-order chi connectivity index (χ0) is 16.3. The van der Waals surface area contributed by atoms with E-state index in [1.165, 1.54) is 6.33 Å². The highest BCUT2D eigenvalue weighted by atomic mass is 32.1. The third-order valence-electron chi connectivity index (χ3n) is 4.22. The number of ether oxygens (including phenoxy) is 1. The summed E-state index contributed by atoms with van der Waals surface area (Å²) in [4.78, 5) is 8.45. The highest BCUT2D eigenvalue weighted by Crippen LogP contribution is 2.36. The molecular weight excluding hydrogens is 336 g/mol. The Hall–Kier alpha value is -1.92. The fourth-order valence-corrected chi connectivity index (χ4v) is 3.07. The van der Waals surface area contributed by atoms with Crippen molar-refractivity contribution in [2.75, 3.05) is 18.7 Å². The van der Waals surface area contributed by atoms with Gasteiger partial charge in [0.05, 0.1) is 12.0 Å². The van der Waals surface area contributed by atoms with E-state index in [1.54, 1.807) is 22.8 Å². The number of hydrazone groups is 1. The fraction of sp³-hybridized carbons (Fsp3) is 0.462. The van der Waals surface area contributed by atoms with E-state index in [0.717, 1.165) is 0 Å². The second-order valence-electron chi connectivity index (χ2n) is 5.58. The van der Waals surface area contributed by atoms with Crippen LogP contribution in [0.2, 0.25) is 0 Å². The molecule has 10 nitrogen and oxygen atoms in total. The Kier molecular flexibility index (Phi) is 4.13. The second kappa shape index (κ2) is 5.86. The van der Waals surface area contributed by atoms with E-state index in [4.69, 9.17) is 10.5 Å². The lowest BCUT2D eigenvalue weighted by Crippen LogP contribution is -2.33. The molecule has 0 aromatic carbocycles. The van der Waals surface area contributed by atoms with Crippen molar-refractivity contribution in [2.45, 2.75) is 24.5 Å². The summed E-state index contributed by atoms with van der Waals surface area (Å²) in [6.07, 6.45) is -1.10. The molecule has 2 unspecified atom stereocenters. The van der Waals surface area contributed by atoms with E-state index in [-0.39, 0.29) is 13.5 Å². The van der Waals surface area contributed by atoms with Crippen molar-refractivity contribution in [3.8, 4) is 0 Å². The predicted octanol–water partition coefficient (Wildman–Crippen LogP) is -1.77. The number of aliphatic hydroxyl groups is 3. The average Bonchev–Trinajstić information content (AvgIpc) is 3.05. The van der Waals surface area contributed by atoms with E-state index in [2.05, 4.69) is 15.1 Å². The Bertz CT molecular complexity index is 811. The third-order valence-corrected chi connectivity index (χ3v) is 4.22. The van der Waals surface area contributed by atoms with Crippen molar-refractivity contribution in [1.82, 2.24) is 14.5 Å². The van der Waals surface area contributed by atoms with Crippen LogP contribution in [0.15, 0.2) is 17.6 Å². The van der Waals surface area contributed by atoms with Crippen LogP contribution < -0.4 is 10.7 Å². The molecule has 1 fully saturated rings. The highest BCUT2D eigenvalue weighted by Gasteiger charge is 2.44. The quantitative estimate of drug-likeness (QED) is 0.496. The number of hydrogen-bond acceptors (Lipinski definition) is 9. The summed E-state index contributed by atoms with van der Waals surface area (Å²) in [5.74, 6) is 0.884. The summed E-state index contributed by atoms with van der Waals surface area (Å²) < 4.78 is 7.15. The Morgan fingerprint density at radius 1 is 1.29 bits per heavy atom. The van der Waals surface area contributed by atoms with Crippen LogP contribution >= 0.6 is 13.5 Å². The summed E-state index contributed by atoms with van der Waals surface area (Å²) in [6, 6.07) is 0. The zero-order valence-electron chi connectivity index (χ0n) is 12.7. The number of anilines is 1. The fourth-order valence-electron chi connectivity index (χ4n) is 3.07. The minimum absolute atomic E-state index is 0. The van der Waals surface area contributed by atoms with Gasteiger partial charge in [0, 0.05) is 18.8 Å². The summed E-state index contributed by atoms with van der Waals surface area (Å²) in [7, 11) is 1.72. The van der Waals surface area contributed by atoms with Crippen LogP contribution in [0.4, 0.5) is 5.82 Å². The zero-order valence-corrected chi connectivity index (χ0v) is 13.7. The molecule has 0 aliphatic carbocycles. The van der Waals surface area contributed by atoms with Crippen LogP contribution in [0.25, 0.3) is 11.0 Å². The Balaban J connectivity index is 0.00000169. The van der Waals surface area contributed by atoms with Crippen molar-refractivity contribution in [3.63, 3.8) is 0 Å². The summed E-state index contributed by atoms with van der Waals surface area (Å²) in [5.41, 5.74) is 7.10. The van der Waals surface area contributed by atoms with Crippen LogP contribution in [0, 0.1) is 0 Å². The van der Waals surface area contributed by atoms with Gasteiger partial charge in [-0.2, -0.15) is 18.6 Å². The van der Waals surface area contributed by atoms with Gasteiger partial charge in [0.2, 0.25) is 0 Å². The van der Waals surface area contributed by atoms with Gasteiger partial charge < -0.3 is 30.4 Å². The van der Waals surface area contributed by atoms with Gasteiger partial charge in [-0.3, -0.25) is 0 Å². The summed E-state index contributed by atoms with van der Waals surface area (Å²) in [5, 5.41) is 35.9. The maximum absolute atomic E-state index is 10.2. The molecule has 2 aromatic rings. The van der Waals surface area contributed by atoms with Crippen LogP contribution in [0.5, 0.6) is 0 Å². The van der Waals surface area contributed by atoms with Gasteiger partial charge in [-0.15, -0.1) is 0 Å². The van der Waals surface area contributed by atoms with Crippen molar-refractivity contribution in [3.05, 3.63) is 18.1 Å². The maximum atomic E-state index is 10.2. The minimum Gasteiger partial charge on any atom is -0.394 e. The number of nitrogens with zero attached hydrogens (tertiary/aromatic N) is 5. The lowest BCUT2D eigenvalue weighted by atomic mass is 10.1. The molecule has 5 N–H and O–H groups in total. The predicted molar refractivity (Wildman–Crippen MR) is 90.0 cm³/mol. The minimum atomic E-state index is -1.20. The van der Waals surface area contributed by atoms with Gasteiger partial charge in [0.1, 0.15) is 30.3 Å². The molecule has 2 aromatic heterocycles. The molecule has 4 heterocycles. The van der Waals surface area contributed by atoms with Gasteiger partial charge in [-0.1, -0.05) is 0 Å². The number of amidine groups is 1. The van der Waals surface area contributed by atoms with Crippen LogP contribution in [-0.4, -0.2) is 67.7 Å². The van der Waals surface area contributed by atoms with Gasteiger partial charge in [-0.25, -0.2) is 15.0 Å². The standard InChI is InChI=1S/C13H16N6O4.H2S/c1-18-11-7-5(10(14)17-18)2-19(12(7)16-4-15-11)13-9(22)8(21)6(3-20)23-13;/h2,4,6,8-9,13,20-22H,3H2,1H3,(H2,14,17);1H2/t6-,8?,9?,13-;/m1./s1. The van der Waals surface area contributed by atoms with Crippen molar-refractivity contribution < 1.29 is 20.1 Å². The van der Waals surface area contributed by atoms with E-state index >= 15 is 0 Å². The first-order chi connectivity index (χ1) is 11.0. The van der Waals surface area contributed by atoms with Crippen molar-refractivity contribution in [1.29, 1.82) is 0 Å². The van der Waals surface area contributed by atoms with Gasteiger partial charge in [-0.05, 0) is 0 Å². The Labute approximate surface area is 143 Å². The van der Waals surface area contributed by atoms with Crippen molar-refractivity contribution in [2.24, 2.45) is 10.8 Å². The molecule has 4 rings (SSSR count). The molecule has 0 radical (unpaired) electrons. The molecule has 0 amide bonds. The van der Waals surface area contributed by atoms with E-state index in [1.807, 2.05) is 0 Å². The highest BCUT2D eigenvalue weighted by molar-refractivity contribution is 7.59. The number of aliphatic hydroxyl groups excluding tert-OH is 3. The molecular formula is C13H18N6O4S. The topological polar surface area (TPSA) is 142 Å². The second-order valence-corrected chi connectivity index (χ2v) is 5.58. The molecule has 2 aliphatic rings. The van der Waals surface area contributed by atoms with Gasteiger partial charge >= 0.3 is 0 Å². The maximum Gasteiger partial charge on any atom is 0.164 e.